The molecule has 0 spiro atoms. The second-order valence-corrected chi connectivity index (χ2v) is 5.94. The van der Waals surface area contributed by atoms with Gasteiger partial charge < -0.3 is 15.8 Å². The molecule has 0 aliphatic carbocycles. The predicted molar refractivity (Wildman–Crippen MR) is 98.4 cm³/mol. The first-order valence-electron chi connectivity index (χ1n) is 8.22. The maximum atomic E-state index is 13.8. The molecule has 29 heavy (non-hydrogen) atoms. The molecule has 3 heterocycles. The van der Waals surface area contributed by atoms with Crippen molar-refractivity contribution in [2.24, 2.45) is 5.73 Å². The minimum Gasteiger partial charge on any atom is -0.475 e. The van der Waals surface area contributed by atoms with Crippen LogP contribution in [-0.2, 0) is 11.3 Å². The van der Waals surface area contributed by atoms with Crippen molar-refractivity contribution in [1.29, 1.82) is 0 Å². The van der Waals surface area contributed by atoms with Crippen LogP contribution >= 0.6 is 0 Å². The van der Waals surface area contributed by atoms with Gasteiger partial charge in [0, 0.05) is 29.9 Å². The van der Waals surface area contributed by atoms with Crippen LogP contribution in [0, 0.1) is 5.82 Å². The molecule has 0 aliphatic heterocycles. The molecule has 150 valence electrons. The minimum absolute atomic E-state index is 0.281. The number of hydrogen-bond acceptors (Lipinski definition) is 4. The predicted octanol–water partition coefficient (Wildman–Crippen LogP) is 4.01. The summed E-state index contributed by atoms with van der Waals surface area (Å²) < 4.78 is 45.5. The van der Waals surface area contributed by atoms with E-state index >= 15 is 0 Å². The summed E-state index contributed by atoms with van der Waals surface area (Å²) in [7, 11) is 0. The fourth-order valence-corrected chi connectivity index (χ4v) is 2.75. The third kappa shape index (κ3) is 4.32. The number of halogens is 4. The Morgan fingerprint density at radius 2 is 1.90 bits per heavy atom. The molecule has 0 saturated carbocycles. The molecule has 10 heteroatoms. The van der Waals surface area contributed by atoms with Crippen LogP contribution in [0.4, 0.5) is 17.6 Å². The van der Waals surface area contributed by atoms with E-state index in [-0.39, 0.29) is 12.4 Å². The van der Waals surface area contributed by atoms with Crippen molar-refractivity contribution >= 4 is 27.9 Å². The fourth-order valence-electron chi connectivity index (χ4n) is 2.75. The average Bonchev–Trinajstić information content (AvgIpc) is 3.10. The van der Waals surface area contributed by atoms with E-state index in [0.29, 0.717) is 0 Å². The quantitative estimate of drug-likeness (QED) is 0.436. The van der Waals surface area contributed by atoms with E-state index < -0.39 is 12.1 Å². The van der Waals surface area contributed by atoms with Crippen molar-refractivity contribution in [2.45, 2.75) is 12.7 Å². The van der Waals surface area contributed by atoms with E-state index in [1.165, 1.54) is 12.1 Å². The van der Waals surface area contributed by atoms with Gasteiger partial charge in [-0.3, -0.25) is 4.98 Å². The molecule has 4 N–H and O–H groups in total. The normalized spacial score (nSPS) is 11.3. The van der Waals surface area contributed by atoms with Crippen LogP contribution < -0.4 is 5.73 Å². The van der Waals surface area contributed by atoms with Crippen LogP contribution in [0.5, 0.6) is 0 Å². The van der Waals surface area contributed by atoms with Gasteiger partial charge in [0.2, 0.25) is 0 Å². The van der Waals surface area contributed by atoms with Gasteiger partial charge in [0.05, 0.1) is 22.2 Å². The van der Waals surface area contributed by atoms with Crippen LogP contribution in [0.2, 0.25) is 0 Å². The number of nitrogens with zero attached hydrogens (tertiary/aromatic N) is 2. The number of pyridine rings is 2. The van der Waals surface area contributed by atoms with Crippen LogP contribution in [0.15, 0.2) is 48.8 Å². The molecule has 0 bridgehead atoms. The number of aromatic nitrogens is 3. The maximum absolute atomic E-state index is 13.8. The van der Waals surface area contributed by atoms with Gasteiger partial charge in [0.15, 0.2) is 0 Å². The van der Waals surface area contributed by atoms with E-state index in [1.807, 2.05) is 30.5 Å². The lowest BCUT2D eigenvalue weighted by Crippen LogP contribution is -2.21. The summed E-state index contributed by atoms with van der Waals surface area (Å²) in [6.45, 7) is 0.281. The number of nitrogens with one attached hydrogen (secondary N) is 1. The molecule has 4 aromatic rings. The first kappa shape index (κ1) is 20.2. The number of hydrogen-bond donors (Lipinski definition) is 3. The number of H-pyrrole nitrogens is 1. The standard InChI is InChI=1S/C17H13FN4.C2HF3O2/c18-11-6-10(8-19)17-12(7-11)13(9-21-17)14-3-4-15-16(22-14)2-1-5-20-15;3-2(4,5)1(6)7/h1-7,9,21H,8,19H2;(H,6,7). The molecule has 0 aliphatic rings. The second-order valence-electron chi connectivity index (χ2n) is 5.94. The highest BCUT2D eigenvalue weighted by atomic mass is 19.4. The van der Waals surface area contributed by atoms with Crippen LogP contribution in [0.1, 0.15) is 5.56 Å². The summed E-state index contributed by atoms with van der Waals surface area (Å²) >= 11 is 0. The molecule has 0 unspecified atom stereocenters. The third-order valence-corrected chi connectivity index (χ3v) is 4.03. The van der Waals surface area contributed by atoms with Crippen LogP contribution in [0.3, 0.4) is 0 Å². The number of carboxylic acids is 1. The number of fused-ring (bicyclic) bond motifs is 2. The van der Waals surface area contributed by atoms with Gasteiger partial charge >= 0.3 is 12.1 Å². The lowest BCUT2D eigenvalue weighted by molar-refractivity contribution is -0.192. The Morgan fingerprint density at radius 3 is 2.55 bits per heavy atom. The summed E-state index contributed by atoms with van der Waals surface area (Å²) in [6, 6.07) is 10.5. The van der Waals surface area contributed by atoms with Crippen molar-refractivity contribution in [2.75, 3.05) is 0 Å². The highest BCUT2D eigenvalue weighted by molar-refractivity contribution is 5.97. The topological polar surface area (TPSA) is 105 Å². The van der Waals surface area contributed by atoms with Gasteiger partial charge in [0.25, 0.3) is 0 Å². The van der Waals surface area contributed by atoms with Gasteiger partial charge in [-0.2, -0.15) is 13.2 Å². The van der Waals surface area contributed by atoms with Crippen LogP contribution in [-0.4, -0.2) is 32.2 Å². The summed E-state index contributed by atoms with van der Waals surface area (Å²) in [4.78, 5) is 21.0. The monoisotopic (exact) mass is 406 g/mol. The number of benzene rings is 1. The largest absolute Gasteiger partial charge is 0.490 e. The van der Waals surface area contributed by atoms with Gasteiger partial charge in [-0.15, -0.1) is 0 Å². The average molecular weight is 406 g/mol. The molecule has 1 aromatic carbocycles. The summed E-state index contributed by atoms with van der Waals surface area (Å²) in [6.07, 6.45) is -1.51. The molecule has 4 rings (SSSR count). The van der Waals surface area contributed by atoms with E-state index in [2.05, 4.69) is 15.0 Å². The van der Waals surface area contributed by atoms with Gasteiger partial charge in [-0.1, -0.05) is 0 Å². The van der Waals surface area contributed by atoms with Gasteiger partial charge in [0.1, 0.15) is 5.82 Å². The molecule has 6 nitrogen and oxygen atoms in total. The van der Waals surface area contributed by atoms with Crippen molar-refractivity contribution in [3.05, 3.63) is 60.2 Å². The number of carboxylic acid groups (broad SMARTS) is 1. The van der Waals surface area contributed by atoms with Crippen molar-refractivity contribution < 1.29 is 27.5 Å². The highest BCUT2D eigenvalue weighted by Crippen LogP contribution is 2.30. The zero-order valence-corrected chi connectivity index (χ0v) is 14.7. The number of carbonyl (C=O) groups is 1. The van der Waals surface area contributed by atoms with Crippen molar-refractivity contribution in [1.82, 2.24) is 15.0 Å². The lowest BCUT2D eigenvalue weighted by Gasteiger charge is -2.04. The Balaban J connectivity index is 0.000000298. The van der Waals surface area contributed by atoms with Gasteiger partial charge in [-0.25, -0.2) is 14.2 Å². The Kier molecular flexibility index (Phi) is 5.46. The van der Waals surface area contributed by atoms with E-state index in [0.717, 1.165) is 38.8 Å². The molecule has 3 aromatic heterocycles. The molecule has 0 atom stereocenters. The second kappa shape index (κ2) is 7.84. The van der Waals surface area contributed by atoms with E-state index in [9.17, 15) is 17.6 Å². The Morgan fingerprint density at radius 1 is 1.17 bits per heavy atom. The summed E-state index contributed by atoms with van der Waals surface area (Å²) in [5.74, 6) is -3.05. The molecule has 0 fully saturated rings. The number of aliphatic carboxylic acids is 1. The van der Waals surface area contributed by atoms with Crippen molar-refractivity contribution in [3.63, 3.8) is 0 Å². The Bertz CT molecular complexity index is 1190. The zero-order valence-electron chi connectivity index (χ0n) is 14.7. The first-order valence-corrected chi connectivity index (χ1v) is 8.22. The number of nitrogens with two attached hydrogens (primary N) is 1. The molecule has 0 radical (unpaired) electrons. The molecule has 0 saturated heterocycles. The third-order valence-electron chi connectivity index (χ3n) is 4.03. The highest BCUT2D eigenvalue weighted by Gasteiger charge is 2.38. The maximum Gasteiger partial charge on any atom is 0.490 e. The number of aromatic amines is 1. The summed E-state index contributed by atoms with van der Waals surface area (Å²) in [5.41, 5.74) is 10.6. The fraction of sp³-hybridized carbons (Fsp3) is 0.105. The Labute approximate surface area is 161 Å². The number of rotatable bonds is 2. The molecular formula is C19H14F4N4O2. The minimum atomic E-state index is -5.08. The van der Waals surface area contributed by atoms with Crippen LogP contribution in [0.25, 0.3) is 33.2 Å². The zero-order chi connectivity index (χ0) is 21.2. The van der Waals surface area contributed by atoms with Gasteiger partial charge in [-0.05, 0) is 42.0 Å². The smallest absolute Gasteiger partial charge is 0.475 e. The Hall–Kier alpha value is -3.53. The lowest BCUT2D eigenvalue weighted by atomic mass is 10.1. The summed E-state index contributed by atoms with van der Waals surface area (Å²) in [5, 5.41) is 7.91. The number of alkyl halides is 3. The van der Waals surface area contributed by atoms with Crippen molar-refractivity contribution in [3.8, 4) is 11.3 Å². The molecular weight excluding hydrogens is 392 g/mol. The first-order chi connectivity index (χ1) is 13.7. The van der Waals surface area contributed by atoms with E-state index in [4.69, 9.17) is 15.6 Å². The van der Waals surface area contributed by atoms with E-state index in [1.54, 1.807) is 6.20 Å². The molecule has 0 amide bonds. The SMILES string of the molecule is NCc1cc(F)cc2c(-c3ccc4ncccc4n3)c[nH]c12.O=C(O)C(F)(F)F.